The minimum absolute atomic E-state index is 0.0790. The molecule has 0 saturated carbocycles. The Morgan fingerprint density at radius 3 is 2.64 bits per heavy atom. The highest BCUT2D eigenvalue weighted by atomic mass is 32.1. The molecule has 2 heterocycles. The number of carbonyl (C=O) groups is 2. The van der Waals surface area contributed by atoms with E-state index in [1.807, 2.05) is 22.4 Å². The quantitative estimate of drug-likeness (QED) is 0.852. The van der Waals surface area contributed by atoms with Gasteiger partial charge in [-0.2, -0.15) is 5.26 Å². The lowest BCUT2D eigenvalue weighted by atomic mass is 10.1. The molecule has 2 aromatic rings. The molecule has 1 saturated heterocycles. The van der Waals surface area contributed by atoms with Crippen LogP contribution in [-0.4, -0.2) is 47.8 Å². The first-order chi connectivity index (χ1) is 12.2. The molecule has 0 aliphatic carbocycles. The fourth-order valence-corrected chi connectivity index (χ4v) is 3.64. The maximum absolute atomic E-state index is 12.7. The summed E-state index contributed by atoms with van der Waals surface area (Å²) in [4.78, 5) is 29.8. The van der Waals surface area contributed by atoms with E-state index in [0.717, 1.165) is 11.3 Å². The van der Waals surface area contributed by atoms with Gasteiger partial charge in [0.05, 0.1) is 18.1 Å². The number of carbonyl (C=O) groups excluding carboxylic acids is 2. The summed E-state index contributed by atoms with van der Waals surface area (Å²) in [5, 5.41) is 11.0. The summed E-state index contributed by atoms with van der Waals surface area (Å²) >= 11 is 1.59. The van der Waals surface area contributed by atoms with E-state index in [2.05, 4.69) is 6.07 Å². The molecule has 0 radical (unpaired) electrons. The highest BCUT2D eigenvalue weighted by Gasteiger charge is 2.23. The van der Waals surface area contributed by atoms with Crippen LogP contribution in [0.3, 0.4) is 0 Å². The smallest absolute Gasteiger partial charge is 0.253 e. The van der Waals surface area contributed by atoms with E-state index in [1.165, 1.54) is 0 Å². The number of rotatable bonds is 3. The van der Waals surface area contributed by atoms with Gasteiger partial charge in [-0.05, 0) is 36.1 Å². The molecule has 0 spiro atoms. The van der Waals surface area contributed by atoms with Crippen LogP contribution in [0.1, 0.15) is 27.2 Å². The average Bonchev–Trinajstić information content (AvgIpc) is 3.02. The Bertz CT molecular complexity index is 795. The third-order valence-electron chi connectivity index (χ3n) is 4.28. The van der Waals surface area contributed by atoms with Crippen molar-refractivity contribution in [1.82, 2.24) is 9.80 Å². The van der Waals surface area contributed by atoms with Crippen LogP contribution in [0.4, 0.5) is 0 Å². The Morgan fingerprint density at radius 1 is 1.08 bits per heavy atom. The zero-order chi connectivity index (χ0) is 17.6. The highest BCUT2D eigenvalue weighted by molar-refractivity contribution is 7.10. The topological polar surface area (TPSA) is 64.4 Å². The maximum Gasteiger partial charge on any atom is 0.253 e. The lowest BCUT2D eigenvalue weighted by Gasteiger charge is -2.22. The van der Waals surface area contributed by atoms with Crippen molar-refractivity contribution in [2.75, 3.05) is 26.2 Å². The van der Waals surface area contributed by atoms with Crippen LogP contribution in [0.5, 0.6) is 0 Å². The van der Waals surface area contributed by atoms with E-state index >= 15 is 0 Å². The van der Waals surface area contributed by atoms with Crippen molar-refractivity contribution in [1.29, 1.82) is 5.26 Å². The summed E-state index contributed by atoms with van der Waals surface area (Å²) < 4.78 is 0. The molecule has 1 aliphatic rings. The largest absolute Gasteiger partial charge is 0.341 e. The van der Waals surface area contributed by atoms with Crippen LogP contribution < -0.4 is 0 Å². The van der Waals surface area contributed by atoms with Crippen LogP contribution >= 0.6 is 11.3 Å². The van der Waals surface area contributed by atoms with Crippen LogP contribution in [0.15, 0.2) is 41.8 Å². The molecule has 0 unspecified atom stereocenters. The number of nitrogens with zero attached hydrogens (tertiary/aromatic N) is 3. The van der Waals surface area contributed by atoms with Crippen molar-refractivity contribution in [2.45, 2.75) is 12.8 Å². The summed E-state index contributed by atoms with van der Waals surface area (Å²) in [6.45, 7) is 2.37. The standard InChI is InChI=1S/C19H19N3O2S/c20-14-15-4-1-5-16(12-15)19(24)22-8-3-7-21(9-10-22)18(23)13-17-6-2-11-25-17/h1-2,4-6,11-12H,3,7-10,13H2. The SMILES string of the molecule is N#Cc1cccc(C(=O)N2CCCN(C(=O)Cc3cccs3)CC2)c1. The van der Waals surface area contributed by atoms with Gasteiger partial charge in [0.25, 0.3) is 5.91 Å². The Balaban J connectivity index is 1.62. The Morgan fingerprint density at radius 2 is 1.88 bits per heavy atom. The zero-order valence-corrected chi connectivity index (χ0v) is 14.7. The average molecular weight is 353 g/mol. The van der Waals surface area contributed by atoms with E-state index in [1.54, 1.807) is 40.5 Å². The summed E-state index contributed by atoms with van der Waals surface area (Å²) in [6.07, 6.45) is 1.19. The number of thiophene rings is 1. The lowest BCUT2D eigenvalue weighted by molar-refractivity contribution is -0.130. The van der Waals surface area contributed by atoms with Crippen molar-refractivity contribution >= 4 is 23.2 Å². The van der Waals surface area contributed by atoms with Crippen molar-refractivity contribution in [3.05, 3.63) is 57.8 Å². The van der Waals surface area contributed by atoms with Crippen molar-refractivity contribution < 1.29 is 9.59 Å². The predicted octanol–water partition coefficient (Wildman–Crippen LogP) is 2.54. The normalized spacial score (nSPS) is 14.7. The van der Waals surface area contributed by atoms with Gasteiger partial charge in [-0.1, -0.05) is 12.1 Å². The number of hydrogen-bond donors (Lipinski definition) is 0. The summed E-state index contributed by atoms with van der Waals surface area (Å²) in [6, 6.07) is 12.7. The monoisotopic (exact) mass is 353 g/mol. The van der Waals surface area contributed by atoms with E-state index < -0.39 is 0 Å². The molecular weight excluding hydrogens is 334 g/mol. The minimum atomic E-state index is -0.0790. The fourth-order valence-electron chi connectivity index (χ4n) is 2.95. The molecule has 0 atom stereocenters. The number of hydrogen-bond acceptors (Lipinski definition) is 4. The van der Waals surface area contributed by atoms with Crippen LogP contribution in [0.2, 0.25) is 0 Å². The lowest BCUT2D eigenvalue weighted by Crippen LogP contribution is -2.37. The molecule has 1 fully saturated rings. The van der Waals surface area contributed by atoms with Gasteiger partial charge in [0, 0.05) is 36.6 Å². The van der Waals surface area contributed by atoms with E-state index in [4.69, 9.17) is 5.26 Å². The summed E-state index contributed by atoms with van der Waals surface area (Å²) in [7, 11) is 0. The second kappa shape index (κ2) is 7.95. The molecule has 2 amide bonds. The molecule has 0 bridgehead atoms. The van der Waals surface area contributed by atoms with Crippen molar-refractivity contribution in [3.8, 4) is 6.07 Å². The van der Waals surface area contributed by atoms with Crippen molar-refractivity contribution in [3.63, 3.8) is 0 Å². The van der Waals surface area contributed by atoms with Gasteiger partial charge in [0.15, 0.2) is 0 Å². The maximum atomic E-state index is 12.7. The van der Waals surface area contributed by atoms with Gasteiger partial charge >= 0.3 is 0 Å². The van der Waals surface area contributed by atoms with Crippen LogP contribution in [0, 0.1) is 11.3 Å². The van der Waals surface area contributed by atoms with Gasteiger partial charge in [-0.15, -0.1) is 11.3 Å². The van der Waals surface area contributed by atoms with Crippen molar-refractivity contribution in [2.24, 2.45) is 0 Å². The van der Waals surface area contributed by atoms with E-state index in [-0.39, 0.29) is 11.8 Å². The van der Waals surface area contributed by atoms with E-state index in [0.29, 0.717) is 43.7 Å². The first-order valence-electron chi connectivity index (χ1n) is 8.27. The first-order valence-corrected chi connectivity index (χ1v) is 9.15. The summed E-state index contributed by atoms with van der Waals surface area (Å²) in [5.41, 5.74) is 1.01. The number of amides is 2. The second-order valence-electron chi connectivity index (χ2n) is 5.98. The Labute approximate surface area is 151 Å². The van der Waals surface area contributed by atoms with E-state index in [9.17, 15) is 9.59 Å². The first kappa shape index (κ1) is 17.2. The predicted molar refractivity (Wildman–Crippen MR) is 96.3 cm³/mol. The van der Waals surface area contributed by atoms with Crippen LogP contribution in [0.25, 0.3) is 0 Å². The molecule has 6 heteroatoms. The molecule has 1 aliphatic heterocycles. The fraction of sp³-hybridized carbons (Fsp3) is 0.316. The second-order valence-corrected chi connectivity index (χ2v) is 7.01. The third kappa shape index (κ3) is 4.25. The molecule has 5 nitrogen and oxygen atoms in total. The molecule has 128 valence electrons. The van der Waals surface area contributed by atoms with Gasteiger partial charge in [-0.3, -0.25) is 9.59 Å². The van der Waals surface area contributed by atoms with Gasteiger partial charge in [-0.25, -0.2) is 0 Å². The van der Waals surface area contributed by atoms with Crippen LogP contribution in [-0.2, 0) is 11.2 Å². The molecule has 0 N–H and O–H groups in total. The Kier molecular flexibility index (Phi) is 5.46. The number of benzene rings is 1. The summed E-state index contributed by atoms with van der Waals surface area (Å²) in [5.74, 6) is 0.0351. The minimum Gasteiger partial charge on any atom is -0.341 e. The van der Waals surface area contributed by atoms with Gasteiger partial charge in [0.2, 0.25) is 5.91 Å². The molecule has 1 aromatic carbocycles. The molecule has 3 rings (SSSR count). The highest BCUT2D eigenvalue weighted by Crippen LogP contribution is 2.14. The third-order valence-corrected chi connectivity index (χ3v) is 5.16. The molecular formula is C19H19N3O2S. The molecule has 1 aromatic heterocycles. The Hall–Kier alpha value is -2.65. The zero-order valence-electron chi connectivity index (χ0n) is 13.9. The van der Waals surface area contributed by atoms with Gasteiger partial charge in [0.1, 0.15) is 0 Å². The number of nitriles is 1. The molecule has 25 heavy (non-hydrogen) atoms. The van der Waals surface area contributed by atoms with Gasteiger partial charge < -0.3 is 9.80 Å².